The van der Waals surface area contributed by atoms with E-state index >= 15 is 0 Å². The van der Waals surface area contributed by atoms with Crippen molar-refractivity contribution < 1.29 is 27.9 Å². The number of phenolic OH excluding ortho intramolecular Hbond substituents is 1. The largest absolute Gasteiger partial charge is 0.507 e. The molecule has 2 aromatic heterocycles. The molecule has 0 amide bonds. The molecule has 4 rings (SSSR count). The van der Waals surface area contributed by atoms with Gasteiger partial charge in [0.1, 0.15) is 5.75 Å². The number of hydrazone groups is 1. The zero-order chi connectivity index (χ0) is 26.4. The van der Waals surface area contributed by atoms with Gasteiger partial charge in [-0.05, 0) is 37.5 Å². The molecule has 37 heavy (non-hydrogen) atoms. The molecular formula is C22H21F3N8O4. The molecule has 1 fully saturated rings. The molecule has 0 saturated carbocycles. The summed E-state index contributed by atoms with van der Waals surface area (Å²) >= 11 is 0. The van der Waals surface area contributed by atoms with E-state index in [9.17, 15) is 28.4 Å². The zero-order valence-electron chi connectivity index (χ0n) is 19.2. The van der Waals surface area contributed by atoms with Gasteiger partial charge in [0.25, 0.3) is 11.6 Å². The second-order valence-corrected chi connectivity index (χ2v) is 7.98. The van der Waals surface area contributed by atoms with Gasteiger partial charge in [0.05, 0.1) is 22.9 Å². The van der Waals surface area contributed by atoms with E-state index in [1.54, 1.807) is 12.3 Å². The van der Waals surface area contributed by atoms with Gasteiger partial charge in [0, 0.05) is 30.4 Å². The molecule has 1 atom stereocenters. The second kappa shape index (κ2) is 11.0. The van der Waals surface area contributed by atoms with Crippen LogP contribution in [0.25, 0.3) is 0 Å². The first-order valence-electron chi connectivity index (χ1n) is 11.1. The summed E-state index contributed by atoms with van der Waals surface area (Å²) in [4.78, 5) is 28.8. The number of aromatic nitrogens is 4. The number of hydrogen-bond donors (Lipinski definition) is 2. The summed E-state index contributed by atoms with van der Waals surface area (Å²) in [7, 11) is 0. The van der Waals surface area contributed by atoms with E-state index in [2.05, 4.69) is 30.5 Å². The molecule has 3 aromatic rings. The van der Waals surface area contributed by atoms with Crippen molar-refractivity contribution in [3.8, 4) is 11.8 Å². The minimum absolute atomic E-state index is 0.0239. The fourth-order valence-corrected chi connectivity index (χ4v) is 3.71. The third kappa shape index (κ3) is 6.77. The smallest absolute Gasteiger partial charge is 0.422 e. The Hall–Kier alpha value is -4.56. The summed E-state index contributed by atoms with van der Waals surface area (Å²) in [5.74, 6) is -0.430. The molecule has 194 valence electrons. The van der Waals surface area contributed by atoms with Crippen LogP contribution in [0, 0.1) is 10.1 Å². The van der Waals surface area contributed by atoms with Gasteiger partial charge in [-0.3, -0.25) is 15.1 Å². The Bertz CT molecular complexity index is 1280. The number of pyridine rings is 1. The van der Waals surface area contributed by atoms with Crippen LogP contribution in [0.1, 0.15) is 36.6 Å². The Morgan fingerprint density at radius 3 is 2.81 bits per heavy atom. The van der Waals surface area contributed by atoms with E-state index in [1.165, 1.54) is 0 Å². The minimum atomic E-state index is -4.61. The maximum absolute atomic E-state index is 12.8. The van der Waals surface area contributed by atoms with E-state index in [0.717, 1.165) is 49.4 Å². The predicted octanol–water partition coefficient (Wildman–Crippen LogP) is 4.00. The predicted molar refractivity (Wildman–Crippen MR) is 126 cm³/mol. The van der Waals surface area contributed by atoms with E-state index in [0.29, 0.717) is 6.54 Å². The van der Waals surface area contributed by atoms with Crippen molar-refractivity contribution in [2.45, 2.75) is 31.5 Å². The van der Waals surface area contributed by atoms with E-state index < -0.39 is 23.7 Å². The highest BCUT2D eigenvalue weighted by Gasteiger charge is 2.31. The van der Waals surface area contributed by atoms with Crippen molar-refractivity contribution in [2.24, 2.45) is 5.10 Å². The summed E-state index contributed by atoms with van der Waals surface area (Å²) in [6.07, 6.45) is 0.579. The van der Waals surface area contributed by atoms with Gasteiger partial charge in [-0.25, -0.2) is 5.43 Å². The van der Waals surface area contributed by atoms with Gasteiger partial charge in [0.2, 0.25) is 5.95 Å². The third-order valence-electron chi connectivity index (χ3n) is 5.35. The van der Waals surface area contributed by atoms with Crippen LogP contribution in [0.2, 0.25) is 0 Å². The number of piperidine rings is 1. The van der Waals surface area contributed by atoms with Gasteiger partial charge < -0.3 is 14.7 Å². The van der Waals surface area contributed by atoms with Crippen molar-refractivity contribution in [2.75, 3.05) is 23.5 Å². The molecule has 1 aromatic carbocycles. The van der Waals surface area contributed by atoms with E-state index in [1.807, 2.05) is 17.0 Å². The van der Waals surface area contributed by atoms with Crippen LogP contribution in [-0.4, -0.2) is 55.5 Å². The second-order valence-electron chi connectivity index (χ2n) is 7.98. The maximum Gasteiger partial charge on any atom is 0.422 e. The van der Waals surface area contributed by atoms with Crippen LogP contribution in [0.15, 0.2) is 47.7 Å². The molecule has 1 saturated heterocycles. The molecule has 0 radical (unpaired) electrons. The Morgan fingerprint density at radius 2 is 2.08 bits per heavy atom. The Labute approximate surface area is 208 Å². The average molecular weight is 518 g/mol. The minimum Gasteiger partial charge on any atom is -0.507 e. The average Bonchev–Trinajstić information content (AvgIpc) is 2.88. The van der Waals surface area contributed by atoms with Crippen molar-refractivity contribution in [3.05, 3.63) is 64.0 Å². The molecule has 0 aliphatic carbocycles. The molecule has 3 heterocycles. The van der Waals surface area contributed by atoms with Crippen LogP contribution in [0.4, 0.5) is 30.8 Å². The number of nitrogens with zero attached hydrogens (tertiary/aromatic N) is 7. The Kier molecular flexibility index (Phi) is 7.60. The lowest BCUT2D eigenvalue weighted by atomic mass is 9.99. The summed E-state index contributed by atoms with van der Waals surface area (Å²) in [5, 5.41) is 24.8. The first-order valence-corrected chi connectivity index (χ1v) is 11.1. The van der Waals surface area contributed by atoms with Crippen molar-refractivity contribution in [1.29, 1.82) is 0 Å². The van der Waals surface area contributed by atoms with Crippen LogP contribution in [0.3, 0.4) is 0 Å². The van der Waals surface area contributed by atoms with Crippen molar-refractivity contribution in [3.63, 3.8) is 0 Å². The lowest BCUT2D eigenvalue weighted by Gasteiger charge is -2.35. The summed E-state index contributed by atoms with van der Waals surface area (Å²) in [6.45, 7) is -1.08. The number of nitrogens with one attached hydrogen (secondary N) is 1. The van der Waals surface area contributed by atoms with E-state index in [4.69, 9.17) is 4.74 Å². The number of rotatable bonds is 8. The molecule has 1 aliphatic heterocycles. The van der Waals surface area contributed by atoms with Crippen LogP contribution in [0.5, 0.6) is 11.8 Å². The molecule has 0 spiro atoms. The molecular weight excluding hydrogens is 497 g/mol. The first-order chi connectivity index (χ1) is 17.7. The number of anilines is 2. The highest BCUT2D eigenvalue weighted by atomic mass is 19.4. The number of nitro benzene ring substituents is 1. The quantitative estimate of drug-likeness (QED) is 0.254. The number of ether oxygens (including phenoxy) is 1. The molecule has 2 N–H and O–H groups in total. The number of non-ortho nitro benzene ring substituents is 1. The molecule has 0 unspecified atom stereocenters. The molecule has 1 aliphatic rings. The summed E-state index contributed by atoms with van der Waals surface area (Å²) in [6, 6.07) is 8.04. The zero-order valence-corrected chi connectivity index (χ0v) is 19.2. The number of benzene rings is 1. The summed E-state index contributed by atoms with van der Waals surface area (Å²) in [5.41, 5.74) is 2.98. The maximum atomic E-state index is 12.8. The van der Waals surface area contributed by atoms with Gasteiger partial charge in [-0.2, -0.15) is 33.2 Å². The molecule has 15 heteroatoms. The topological polar surface area (TPSA) is 152 Å². The fourth-order valence-electron chi connectivity index (χ4n) is 3.71. The van der Waals surface area contributed by atoms with Crippen LogP contribution in [-0.2, 0) is 0 Å². The highest BCUT2D eigenvalue weighted by molar-refractivity contribution is 5.84. The lowest BCUT2D eigenvalue weighted by molar-refractivity contribution is -0.384. The monoisotopic (exact) mass is 518 g/mol. The Balaban J connectivity index is 1.63. The van der Waals surface area contributed by atoms with Gasteiger partial charge in [0.15, 0.2) is 6.61 Å². The summed E-state index contributed by atoms with van der Waals surface area (Å²) < 4.78 is 43.1. The number of hydrogen-bond acceptors (Lipinski definition) is 11. The van der Waals surface area contributed by atoms with Crippen molar-refractivity contribution in [1.82, 2.24) is 19.9 Å². The van der Waals surface area contributed by atoms with Crippen molar-refractivity contribution >= 4 is 23.8 Å². The normalized spacial score (nSPS) is 16.1. The number of halogens is 3. The van der Waals surface area contributed by atoms with Gasteiger partial charge >= 0.3 is 12.2 Å². The van der Waals surface area contributed by atoms with Gasteiger partial charge in [-0.15, -0.1) is 0 Å². The Morgan fingerprint density at radius 1 is 1.24 bits per heavy atom. The number of aromatic hydroxyl groups is 1. The number of phenols is 1. The SMILES string of the molecule is O=[N+]([O-])c1ccc(O)c(/C=N\Nc2nc(OCC(F)(F)F)nc(N3CCCC[C@@H]3c3ccccn3)n2)c1. The van der Waals surface area contributed by atoms with E-state index in [-0.39, 0.29) is 34.9 Å². The highest BCUT2D eigenvalue weighted by Crippen LogP contribution is 2.33. The third-order valence-corrected chi connectivity index (χ3v) is 5.35. The number of alkyl halides is 3. The lowest BCUT2D eigenvalue weighted by Crippen LogP contribution is -2.35. The molecule has 0 bridgehead atoms. The van der Waals surface area contributed by atoms with Crippen LogP contribution < -0.4 is 15.1 Å². The van der Waals surface area contributed by atoms with Gasteiger partial charge in [-0.1, -0.05) is 6.07 Å². The van der Waals surface area contributed by atoms with Crippen LogP contribution >= 0.6 is 0 Å². The first kappa shape index (κ1) is 25.5. The number of nitro groups is 1. The fraction of sp³-hybridized carbons (Fsp3) is 0.318. The molecule has 12 nitrogen and oxygen atoms in total. The standard InChI is InChI=1S/C22H21F3N8O4/c23-22(24,25)13-37-21-29-19(31-27-12-14-11-15(33(35)36)7-8-18(14)34)28-20(30-21)32-10-4-2-6-17(32)16-5-1-3-9-26-16/h1,3,5,7-9,11-12,17,34H,2,4,6,10,13H2,(H,28,29,30,31)/b27-12-/t17-/m1/s1.